The van der Waals surface area contributed by atoms with Crippen LogP contribution in [-0.2, 0) is 0 Å². The zero-order valence-corrected chi connectivity index (χ0v) is 13.1. The summed E-state index contributed by atoms with van der Waals surface area (Å²) in [7, 11) is 0. The van der Waals surface area contributed by atoms with Gasteiger partial charge in [-0.2, -0.15) is 0 Å². The molecule has 1 rings (SSSR count). The molecule has 18 heavy (non-hydrogen) atoms. The summed E-state index contributed by atoms with van der Waals surface area (Å²) >= 11 is 3.59. The van der Waals surface area contributed by atoms with Crippen LogP contribution in [0.15, 0.2) is 28.7 Å². The molecule has 0 amide bonds. The van der Waals surface area contributed by atoms with Crippen LogP contribution in [0.25, 0.3) is 0 Å². The van der Waals surface area contributed by atoms with Crippen molar-refractivity contribution in [1.29, 1.82) is 0 Å². The van der Waals surface area contributed by atoms with Gasteiger partial charge in [0.15, 0.2) is 0 Å². The molecule has 1 aromatic carbocycles. The number of hydrogen-bond acceptors (Lipinski definition) is 1. The van der Waals surface area contributed by atoms with Gasteiger partial charge in [-0.1, -0.05) is 73.7 Å². The Morgan fingerprint density at radius 3 is 2.50 bits per heavy atom. The zero-order valence-electron chi connectivity index (χ0n) is 11.5. The van der Waals surface area contributed by atoms with Gasteiger partial charge in [-0.25, -0.2) is 0 Å². The van der Waals surface area contributed by atoms with Crippen molar-refractivity contribution in [2.75, 3.05) is 6.61 Å². The number of aliphatic hydroxyl groups is 1. The number of hydrogen-bond donors (Lipinski definition) is 1. The normalized spacial score (nSPS) is 14.4. The Hall–Kier alpha value is -0.340. The van der Waals surface area contributed by atoms with Crippen LogP contribution in [0.4, 0.5) is 0 Å². The van der Waals surface area contributed by atoms with Gasteiger partial charge in [-0.05, 0) is 24.0 Å². The molecule has 0 aliphatic heterocycles. The van der Waals surface area contributed by atoms with Crippen LogP contribution >= 0.6 is 15.9 Å². The molecule has 0 fully saturated rings. The fourth-order valence-electron chi connectivity index (χ4n) is 2.49. The molecule has 1 aromatic rings. The Bertz CT molecular complexity index is 338. The molecule has 0 bridgehead atoms. The number of benzene rings is 1. The molecule has 102 valence electrons. The first-order chi connectivity index (χ1) is 8.72. The Morgan fingerprint density at radius 2 is 1.94 bits per heavy atom. The molecule has 0 aliphatic rings. The highest BCUT2D eigenvalue weighted by molar-refractivity contribution is 9.10. The summed E-state index contributed by atoms with van der Waals surface area (Å²) in [5.74, 6) is 0.997. The first-order valence-corrected chi connectivity index (χ1v) is 7.87. The van der Waals surface area contributed by atoms with E-state index in [1.54, 1.807) is 0 Å². The summed E-state index contributed by atoms with van der Waals surface area (Å²) in [6.07, 6.45) is 6.15. The lowest BCUT2D eigenvalue weighted by Crippen LogP contribution is -2.11. The molecule has 2 unspecified atom stereocenters. The summed E-state index contributed by atoms with van der Waals surface area (Å²) < 4.78 is 1.12. The average molecular weight is 313 g/mol. The third-order valence-corrected chi connectivity index (χ3v) is 4.45. The van der Waals surface area contributed by atoms with Crippen LogP contribution in [0.3, 0.4) is 0 Å². The van der Waals surface area contributed by atoms with E-state index in [9.17, 15) is 5.11 Å². The van der Waals surface area contributed by atoms with E-state index in [1.165, 1.54) is 31.2 Å². The maximum Gasteiger partial charge on any atom is 0.0500 e. The van der Waals surface area contributed by atoms with Gasteiger partial charge in [-0.3, -0.25) is 0 Å². The standard InChI is InChI=1S/C16H25BrO/c1-3-5-8-13(4-2)11-14(12-18)15-9-6-7-10-16(15)17/h6-7,9-10,13-14,18H,3-5,8,11-12H2,1-2H3. The van der Waals surface area contributed by atoms with Crippen molar-refractivity contribution in [3.05, 3.63) is 34.3 Å². The SMILES string of the molecule is CCCCC(CC)CC(CO)c1ccccc1Br. The van der Waals surface area contributed by atoms with Crippen molar-refractivity contribution >= 4 is 15.9 Å². The van der Waals surface area contributed by atoms with Crippen LogP contribution in [0, 0.1) is 5.92 Å². The average Bonchev–Trinajstić information content (AvgIpc) is 2.40. The van der Waals surface area contributed by atoms with Crippen LogP contribution in [0.2, 0.25) is 0 Å². The molecule has 0 aliphatic carbocycles. The van der Waals surface area contributed by atoms with Gasteiger partial charge in [0.2, 0.25) is 0 Å². The van der Waals surface area contributed by atoms with Crippen LogP contribution in [0.5, 0.6) is 0 Å². The van der Waals surface area contributed by atoms with E-state index in [4.69, 9.17) is 0 Å². The van der Waals surface area contributed by atoms with Crippen LogP contribution in [-0.4, -0.2) is 11.7 Å². The molecule has 0 spiro atoms. The number of unbranched alkanes of at least 4 members (excludes halogenated alkanes) is 1. The van der Waals surface area contributed by atoms with E-state index < -0.39 is 0 Å². The summed E-state index contributed by atoms with van der Waals surface area (Å²) in [6, 6.07) is 8.26. The lowest BCUT2D eigenvalue weighted by molar-refractivity contribution is 0.237. The van der Waals surface area contributed by atoms with Gasteiger partial charge < -0.3 is 5.11 Å². The van der Waals surface area contributed by atoms with E-state index in [0.29, 0.717) is 0 Å². The number of aliphatic hydroxyl groups excluding tert-OH is 1. The third-order valence-electron chi connectivity index (χ3n) is 3.73. The van der Waals surface area contributed by atoms with Crippen molar-refractivity contribution in [3.63, 3.8) is 0 Å². The second-order valence-corrected chi connectivity index (χ2v) is 5.91. The van der Waals surface area contributed by atoms with E-state index in [2.05, 4.69) is 48.0 Å². The summed E-state index contributed by atoms with van der Waals surface area (Å²) in [6.45, 7) is 4.74. The van der Waals surface area contributed by atoms with Gasteiger partial charge in [0.05, 0.1) is 0 Å². The molecule has 0 radical (unpaired) electrons. The first kappa shape index (κ1) is 15.7. The third kappa shape index (κ3) is 4.74. The minimum atomic E-state index is 0.241. The van der Waals surface area contributed by atoms with Crippen molar-refractivity contribution < 1.29 is 5.11 Å². The van der Waals surface area contributed by atoms with E-state index in [-0.39, 0.29) is 12.5 Å². The zero-order chi connectivity index (χ0) is 13.4. The second kappa shape index (κ2) is 8.71. The van der Waals surface area contributed by atoms with Gasteiger partial charge in [0.25, 0.3) is 0 Å². The highest BCUT2D eigenvalue weighted by atomic mass is 79.9. The van der Waals surface area contributed by atoms with Crippen molar-refractivity contribution in [2.45, 2.75) is 51.9 Å². The molecule has 0 saturated heterocycles. The molecule has 0 heterocycles. The Morgan fingerprint density at radius 1 is 1.22 bits per heavy atom. The van der Waals surface area contributed by atoms with Crippen molar-refractivity contribution in [3.8, 4) is 0 Å². The van der Waals surface area contributed by atoms with Crippen molar-refractivity contribution in [2.24, 2.45) is 5.92 Å². The monoisotopic (exact) mass is 312 g/mol. The van der Waals surface area contributed by atoms with Gasteiger partial charge in [0.1, 0.15) is 0 Å². The Labute approximate surface area is 120 Å². The smallest absolute Gasteiger partial charge is 0.0500 e. The van der Waals surface area contributed by atoms with E-state index in [1.807, 2.05) is 6.07 Å². The van der Waals surface area contributed by atoms with Gasteiger partial charge in [0, 0.05) is 17.0 Å². The summed E-state index contributed by atoms with van der Waals surface area (Å²) in [5.41, 5.74) is 1.25. The molecular weight excluding hydrogens is 288 g/mol. The van der Waals surface area contributed by atoms with Crippen LogP contribution < -0.4 is 0 Å². The fraction of sp³-hybridized carbons (Fsp3) is 0.625. The predicted molar refractivity (Wildman–Crippen MR) is 81.9 cm³/mol. The molecule has 1 nitrogen and oxygen atoms in total. The largest absolute Gasteiger partial charge is 0.396 e. The highest BCUT2D eigenvalue weighted by Gasteiger charge is 2.18. The van der Waals surface area contributed by atoms with Gasteiger partial charge in [-0.15, -0.1) is 0 Å². The molecule has 0 aromatic heterocycles. The minimum absolute atomic E-state index is 0.241. The maximum absolute atomic E-state index is 9.65. The Balaban J connectivity index is 2.68. The lowest BCUT2D eigenvalue weighted by atomic mass is 9.85. The Kier molecular flexibility index (Phi) is 7.60. The fourth-order valence-corrected chi connectivity index (χ4v) is 3.10. The molecule has 2 atom stereocenters. The van der Waals surface area contributed by atoms with Gasteiger partial charge >= 0.3 is 0 Å². The van der Waals surface area contributed by atoms with E-state index >= 15 is 0 Å². The highest BCUT2D eigenvalue weighted by Crippen LogP contribution is 2.32. The lowest BCUT2D eigenvalue weighted by Gasteiger charge is -2.22. The van der Waals surface area contributed by atoms with Crippen LogP contribution in [0.1, 0.15) is 57.4 Å². The number of halogens is 1. The maximum atomic E-state index is 9.65. The number of rotatable bonds is 8. The summed E-state index contributed by atoms with van der Waals surface area (Å²) in [4.78, 5) is 0. The molecule has 0 saturated carbocycles. The van der Waals surface area contributed by atoms with E-state index in [0.717, 1.165) is 16.8 Å². The second-order valence-electron chi connectivity index (χ2n) is 5.05. The first-order valence-electron chi connectivity index (χ1n) is 7.08. The topological polar surface area (TPSA) is 20.2 Å². The van der Waals surface area contributed by atoms with Crippen molar-refractivity contribution in [1.82, 2.24) is 0 Å². The molecular formula is C16H25BrO. The predicted octanol–water partition coefficient (Wildman–Crippen LogP) is 5.13. The quantitative estimate of drug-likeness (QED) is 0.705. The molecule has 1 N–H and O–H groups in total. The minimum Gasteiger partial charge on any atom is -0.396 e. The molecule has 2 heteroatoms. The summed E-state index contributed by atoms with van der Waals surface area (Å²) in [5, 5.41) is 9.65.